The number of nitrogens with one attached hydrogen (secondary N) is 1. The number of fused-ring (bicyclic) bond motifs is 2. The summed E-state index contributed by atoms with van der Waals surface area (Å²) in [5.74, 6) is 1.06. The second kappa shape index (κ2) is 6.27. The van der Waals surface area contributed by atoms with Gasteiger partial charge in [-0.1, -0.05) is 50.1 Å². The lowest BCUT2D eigenvalue weighted by Crippen LogP contribution is -2.36. The largest absolute Gasteiger partial charge is 0.338 e. The summed E-state index contributed by atoms with van der Waals surface area (Å²) < 4.78 is 0. The van der Waals surface area contributed by atoms with Crippen molar-refractivity contribution in [2.45, 2.75) is 45.4 Å². The van der Waals surface area contributed by atoms with Gasteiger partial charge in [0.15, 0.2) is 0 Å². The molecule has 2 heterocycles. The van der Waals surface area contributed by atoms with Gasteiger partial charge in [0.2, 0.25) is 5.91 Å². The Morgan fingerprint density at radius 3 is 2.62 bits per heavy atom. The number of aromatic amines is 1. The van der Waals surface area contributed by atoms with E-state index in [0.29, 0.717) is 0 Å². The first-order valence-electron chi connectivity index (χ1n) is 9.44. The molecule has 4 rings (SSSR count). The molecule has 0 radical (unpaired) electrons. The molecule has 134 valence electrons. The van der Waals surface area contributed by atoms with E-state index in [1.54, 1.807) is 0 Å². The molecule has 0 spiro atoms. The molecule has 1 aliphatic rings. The summed E-state index contributed by atoms with van der Waals surface area (Å²) in [6, 6.07) is 14.3. The van der Waals surface area contributed by atoms with Crippen LogP contribution < -0.4 is 4.90 Å². The molecule has 1 amide bonds. The summed E-state index contributed by atoms with van der Waals surface area (Å²) in [6.07, 6.45) is 3.32. The van der Waals surface area contributed by atoms with Gasteiger partial charge in [-0.2, -0.15) is 0 Å². The third-order valence-corrected chi connectivity index (χ3v) is 5.38. The van der Waals surface area contributed by atoms with Crippen molar-refractivity contribution in [3.8, 4) is 11.4 Å². The number of benzene rings is 2. The van der Waals surface area contributed by atoms with E-state index in [0.717, 1.165) is 59.5 Å². The molecule has 3 aromatic rings. The molecule has 1 aliphatic heterocycles. The number of rotatable bonds is 5. The molecule has 0 fully saturated rings. The van der Waals surface area contributed by atoms with Crippen LogP contribution in [0, 0.1) is 0 Å². The minimum Gasteiger partial charge on any atom is -0.338 e. The maximum Gasteiger partial charge on any atom is 0.237 e. The highest BCUT2D eigenvalue weighted by Gasteiger charge is 2.43. The minimum absolute atomic E-state index is 0.194. The Balaban J connectivity index is 1.79. The van der Waals surface area contributed by atoms with Gasteiger partial charge in [0.1, 0.15) is 5.82 Å². The fourth-order valence-electron chi connectivity index (χ4n) is 3.81. The second-order valence-electron chi connectivity index (χ2n) is 7.63. The fourth-order valence-corrected chi connectivity index (χ4v) is 3.81. The minimum atomic E-state index is -0.492. The molecule has 0 aliphatic carbocycles. The van der Waals surface area contributed by atoms with Crippen LogP contribution in [0.1, 0.15) is 45.6 Å². The van der Waals surface area contributed by atoms with Crippen LogP contribution in [0.3, 0.4) is 0 Å². The lowest BCUT2D eigenvalue weighted by atomic mass is 9.86. The quantitative estimate of drug-likeness (QED) is 0.657. The SMILES string of the molecule is CCCCCN1C(=O)C(C)(C)c2cc3[nH]c(-c4ccccc4)nc3cc21. The van der Waals surface area contributed by atoms with E-state index in [1.807, 2.05) is 36.9 Å². The molecule has 0 atom stereocenters. The van der Waals surface area contributed by atoms with Crippen molar-refractivity contribution in [3.63, 3.8) is 0 Å². The van der Waals surface area contributed by atoms with Crippen LogP contribution in [0.2, 0.25) is 0 Å². The first-order chi connectivity index (χ1) is 12.5. The van der Waals surface area contributed by atoms with Gasteiger partial charge >= 0.3 is 0 Å². The van der Waals surface area contributed by atoms with Crippen molar-refractivity contribution >= 4 is 22.6 Å². The highest BCUT2D eigenvalue weighted by molar-refractivity contribution is 6.09. The molecule has 2 aromatic carbocycles. The molecular weight excluding hydrogens is 322 g/mol. The van der Waals surface area contributed by atoms with Crippen molar-refractivity contribution in [1.82, 2.24) is 9.97 Å². The summed E-state index contributed by atoms with van der Waals surface area (Å²) in [4.78, 5) is 23.1. The van der Waals surface area contributed by atoms with Crippen molar-refractivity contribution in [2.24, 2.45) is 0 Å². The van der Waals surface area contributed by atoms with Gasteiger partial charge in [0, 0.05) is 12.1 Å². The fraction of sp³-hybridized carbons (Fsp3) is 0.364. The van der Waals surface area contributed by atoms with Gasteiger partial charge in [0.05, 0.1) is 22.1 Å². The van der Waals surface area contributed by atoms with Crippen molar-refractivity contribution in [2.75, 3.05) is 11.4 Å². The van der Waals surface area contributed by atoms with Crippen molar-refractivity contribution in [3.05, 3.63) is 48.0 Å². The van der Waals surface area contributed by atoms with Gasteiger partial charge in [-0.3, -0.25) is 4.79 Å². The molecular formula is C22H25N3O. The van der Waals surface area contributed by atoms with E-state index in [4.69, 9.17) is 4.98 Å². The summed E-state index contributed by atoms with van der Waals surface area (Å²) in [6.45, 7) is 7.01. The van der Waals surface area contributed by atoms with E-state index >= 15 is 0 Å². The predicted molar refractivity (Wildman–Crippen MR) is 106 cm³/mol. The van der Waals surface area contributed by atoms with Crippen molar-refractivity contribution < 1.29 is 4.79 Å². The Hall–Kier alpha value is -2.62. The Morgan fingerprint density at radius 2 is 1.88 bits per heavy atom. The summed E-state index contributed by atoms with van der Waals surface area (Å²) in [5, 5.41) is 0. The van der Waals surface area contributed by atoms with E-state index in [-0.39, 0.29) is 5.91 Å². The zero-order chi connectivity index (χ0) is 18.3. The smallest absolute Gasteiger partial charge is 0.237 e. The Bertz CT molecular complexity index is 956. The normalized spacial score (nSPS) is 15.7. The van der Waals surface area contributed by atoms with Crippen LogP contribution in [0.15, 0.2) is 42.5 Å². The summed E-state index contributed by atoms with van der Waals surface area (Å²) in [5.41, 5.74) is 4.59. The van der Waals surface area contributed by atoms with E-state index in [1.165, 1.54) is 0 Å². The maximum absolute atomic E-state index is 13.0. The standard InChI is InChI=1S/C22H25N3O/c1-4-5-9-12-25-19-14-18-17(13-16(19)22(2,3)21(25)26)23-20(24-18)15-10-7-6-8-11-15/h6-8,10-11,13-14H,4-5,9,12H2,1-3H3,(H,23,24). The molecule has 1 N–H and O–H groups in total. The first-order valence-corrected chi connectivity index (χ1v) is 9.44. The van der Waals surface area contributed by atoms with Crippen LogP contribution >= 0.6 is 0 Å². The van der Waals surface area contributed by atoms with Gasteiger partial charge in [-0.05, 0) is 38.0 Å². The number of nitrogens with zero attached hydrogens (tertiary/aromatic N) is 2. The highest BCUT2D eigenvalue weighted by Crippen LogP contribution is 2.43. The van der Waals surface area contributed by atoms with Gasteiger partial charge in [-0.25, -0.2) is 4.98 Å². The Kier molecular flexibility index (Phi) is 4.06. The molecule has 0 saturated carbocycles. The van der Waals surface area contributed by atoms with Crippen LogP contribution in [0.4, 0.5) is 5.69 Å². The number of anilines is 1. The number of amides is 1. The number of carbonyl (C=O) groups is 1. The van der Waals surface area contributed by atoms with Gasteiger partial charge in [-0.15, -0.1) is 0 Å². The Morgan fingerprint density at radius 1 is 1.12 bits per heavy atom. The summed E-state index contributed by atoms with van der Waals surface area (Å²) in [7, 11) is 0. The third kappa shape index (κ3) is 2.61. The van der Waals surface area contributed by atoms with Crippen LogP contribution in [0.25, 0.3) is 22.4 Å². The van der Waals surface area contributed by atoms with E-state index < -0.39 is 5.41 Å². The van der Waals surface area contributed by atoms with Gasteiger partial charge in [0.25, 0.3) is 0 Å². The van der Waals surface area contributed by atoms with E-state index in [9.17, 15) is 4.79 Å². The highest BCUT2D eigenvalue weighted by atomic mass is 16.2. The lowest BCUT2D eigenvalue weighted by Gasteiger charge is -2.20. The molecule has 4 heteroatoms. The van der Waals surface area contributed by atoms with Crippen LogP contribution in [-0.2, 0) is 10.2 Å². The molecule has 0 unspecified atom stereocenters. The van der Waals surface area contributed by atoms with Crippen LogP contribution in [-0.4, -0.2) is 22.4 Å². The lowest BCUT2D eigenvalue weighted by molar-refractivity contribution is -0.122. The Labute approximate surface area is 154 Å². The number of H-pyrrole nitrogens is 1. The first kappa shape index (κ1) is 16.8. The average Bonchev–Trinajstić information content (AvgIpc) is 3.14. The zero-order valence-corrected chi connectivity index (χ0v) is 15.7. The second-order valence-corrected chi connectivity index (χ2v) is 7.63. The molecule has 4 nitrogen and oxygen atoms in total. The maximum atomic E-state index is 13.0. The average molecular weight is 347 g/mol. The number of hydrogen-bond acceptors (Lipinski definition) is 2. The summed E-state index contributed by atoms with van der Waals surface area (Å²) >= 11 is 0. The number of aromatic nitrogens is 2. The van der Waals surface area contributed by atoms with Gasteiger partial charge < -0.3 is 9.88 Å². The third-order valence-electron chi connectivity index (χ3n) is 5.38. The molecule has 0 bridgehead atoms. The monoisotopic (exact) mass is 347 g/mol. The van der Waals surface area contributed by atoms with Crippen LogP contribution in [0.5, 0.6) is 0 Å². The molecule has 1 aromatic heterocycles. The number of carbonyl (C=O) groups excluding carboxylic acids is 1. The topological polar surface area (TPSA) is 49.0 Å². The zero-order valence-electron chi connectivity index (χ0n) is 15.7. The predicted octanol–water partition coefficient (Wildman–Crippen LogP) is 5.04. The van der Waals surface area contributed by atoms with Crippen molar-refractivity contribution in [1.29, 1.82) is 0 Å². The van der Waals surface area contributed by atoms with E-state index in [2.05, 4.69) is 36.2 Å². The molecule has 26 heavy (non-hydrogen) atoms. The molecule has 0 saturated heterocycles. The number of imidazole rings is 1. The number of hydrogen-bond donors (Lipinski definition) is 1. The number of unbranched alkanes of at least 4 members (excludes halogenated alkanes) is 2.